The van der Waals surface area contributed by atoms with E-state index in [2.05, 4.69) is 19.1 Å². The van der Waals surface area contributed by atoms with Crippen LogP contribution in [0.1, 0.15) is 46.0 Å². The molecule has 1 rings (SSSR count). The van der Waals surface area contributed by atoms with Crippen molar-refractivity contribution in [3.8, 4) is 6.07 Å². The SMILES string of the molecule is CC(C#N)=CC(C)C1CCCCC1. The van der Waals surface area contributed by atoms with Gasteiger partial charge in [-0.2, -0.15) is 5.26 Å². The van der Waals surface area contributed by atoms with E-state index in [-0.39, 0.29) is 0 Å². The van der Waals surface area contributed by atoms with Gasteiger partial charge in [0.2, 0.25) is 0 Å². The van der Waals surface area contributed by atoms with Gasteiger partial charge in [0.15, 0.2) is 0 Å². The van der Waals surface area contributed by atoms with Crippen LogP contribution in [-0.4, -0.2) is 0 Å². The average molecular weight is 177 g/mol. The van der Waals surface area contributed by atoms with E-state index in [4.69, 9.17) is 5.26 Å². The summed E-state index contributed by atoms with van der Waals surface area (Å²) in [5.74, 6) is 1.43. The molecule has 0 amide bonds. The van der Waals surface area contributed by atoms with Gasteiger partial charge in [-0.15, -0.1) is 0 Å². The Labute approximate surface area is 81.5 Å². The summed E-state index contributed by atoms with van der Waals surface area (Å²) in [6.07, 6.45) is 9.02. The third-order valence-corrected chi connectivity index (χ3v) is 3.08. The number of rotatable bonds is 2. The van der Waals surface area contributed by atoms with Crippen LogP contribution >= 0.6 is 0 Å². The Morgan fingerprint density at radius 3 is 2.54 bits per heavy atom. The van der Waals surface area contributed by atoms with Crippen molar-refractivity contribution >= 4 is 0 Å². The van der Waals surface area contributed by atoms with E-state index < -0.39 is 0 Å². The molecule has 1 unspecified atom stereocenters. The number of hydrogen-bond acceptors (Lipinski definition) is 1. The molecule has 0 spiro atoms. The van der Waals surface area contributed by atoms with Crippen LogP contribution in [0, 0.1) is 23.2 Å². The summed E-state index contributed by atoms with van der Waals surface area (Å²) in [6.45, 7) is 4.15. The van der Waals surface area contributed by atoms with E-state index in [1.54, 1.807) is 0 Å². The van der Waals surface area contributed by atoms with E-state index in [0.717, 1.165) is 11.5 Å². The summed E-state index contributed by atoms with van der Waals surface area (Å²) in [6, 6.07) is 2.20. The number of allylic oxidation sites excluding steroid dienone is 2. The van der Waals surface area contributed by atoms with Crippen molar-refractivity contribution in [2.24, 2.45) is 11.8 Å². The summed E-state index contributed by atoms with van der Waals surface area (Å²) in [7, 11) is 0. The fourth-order valence-corrected chi connectivity index (χ4v) is 2.23. The third kappa shape index (κ3) is 3.22. The molecule has 0 aromatic carbocycles. The van der Waals surface area contributed by atoms with Gasteiger partial charge in [0.25, 0.3) is 0 Å². The molecule has 0 N–H and O–H groups in total. The van der Waals surface area contributed by atoms with Crippen molar-refractivity contribution in [1.82, 2.24) is 0 Å². The Balaban J connectivity index is 2.47. The van der Waals surface area contributed by atoms with Crippen LogP contribution in [0.5, 0.6) is 0 Å². The molecule has 0 aromatic rings. The zero-order valence-electron chi connectivity index (χ0n) is 8.71. The van der Waals surface area contributed by atoms with Crippen LogP contribution < -0.4 is 0 Å². The topological polar surface area (TPSA) is 23.8 Å². The first-order valence-corrected chi connectivity index (χ1v) is 5.32. The summed E-state index contributed by atoms with van der Waals surface area (Å²) >= 11 is 0. The maximum Gasteiger partial charge on any atom is 0.0940 e. The molecule has 1 aliphatic carbocycles. The molecule has 0 radical (unpaired) electrons. The molecular formula is C12H19N. The molecule has 72 valence electrons. The standard InChI is InChI=1S/C12H19N/c1-10(9-13)8-11(2)12-6-4-3-5-7-12/h8,11-12H,3-7H2,1-2H3. The van der Waals surface area contributed by atoms with Crippen LogP contribution in [0.25, 0.3) is 0 Å². The van der Waals surface area contributed by atoms with Gasteiger partial charge in [0.1, 0.15) is 0 Å². The fraction of sp³-hybridized carbons (Fsp3) is 0.750. The molecular weight excluding hydrogens is 158 g/mol. The van der Waals surface area contributed by atoms with E-state index in [9.17, 15) is 0 Å². The van der Waals surface area contributed by atoms with E-state index in [1.807, 2.05) is 6.92 Å². The predicted molar refractivity (Wildman–Crippen MR) is 55.1 cm³/mol. The Kier molecular flexibility index (Phi) is 4.02. The second-order valence-corrected chi connectivity index (χ2v) is 4.22. The molecule has 1 nitrogen and oxygen atoms in total. The third-order valence-electron chi connectivity index (χ3n) is 3.08. The first-order valence-electron chi connectivity index (χ1n) is 5.32. The molecule has 0 bridgehead atoms. The maximum absolute atomic E-state index is 8.66. The van der Waals surface area contributed by atoms with Crippen molar-refractivity contribution in [1.29, 1.82) is 5.26 Å². The van der Waals surface area contributed by atoms with Gasteiger partial charge >= 0.3 is 0 Å². The summed E-state index contributed by atoms with van der Waals surface area (Å²) in [5.41, 5.74) is 0.873. The lowest BCUT2D eigenvalue weighted by Crippen LogP contribution is -2.13. The zero-order chi connectivity index (χ0) is 9.68. The maximum atomic E-state index is 8.66. The number of nitriles is 1. The highest BCUT2D eigenvalue weighted by Crippen LogP contribution is 2.30. The second kappa shape index (κ2) is 5.07. The first-order chi connectivity index (χ1) is 6.24. The van der Waals surface area contributed by atoms with Crippen LogP contribution in [-0.2, 0) is 0 Å². The Hall–Kier alpha value is -0.770. The highest BCUT2D eigenvalue weighted by Gasteiger charge is 2.18. The summed E-state index contributed by atoms with van der Waals surface area (Å²) < 4.78 is 0. The lowest BCUT2D eigenvalue weighted by molar-refractivity contribution is 0.299. The fourth-order valence-electron chi connectivity index (χ4n) is 2.23. The highest BCUT2D eigenvalue weighted by atomic mass is 14.3. The van der Waals surface area contributed by atoms with Crippen LogP contribution in [0.2, 0.25) is 0 Å². The minimum Gasteiger partial charge on any atom is -0.193 e. The minimum atomic E-state index is 0.597. The molecule has 1 heteroatoms. The number of hydrogen-bond donors (Lipinski definition) is 0. The molecule has 1 atom stereocenters. The zero-order valence-corrected chi connectivity index (χ0v) is 8.71. The van der Waals surface area contributed by atoms with Crippen molar-refractivity contribution < 1.29 is 0 Å². The van der Waals surface area contributed by atoms with Gasteiger partial charge in [-0.3, -0.25) is 0 Å². The molecule has 0 saturated heterocycles. The Bertz CT molecular complexity index is 216. The largest absolute Gasteiger partial charge is 0.193 e. The van der Waals surface area contributed by atoms with Crippen molar-refractivity contribution in [3.63, 3.8) is 0 Å². The van der Waals surface area contributed by atoms with E-state index in [1.165, 1.54) is 32.1 Å². The van der Waals surface area contributed by atoms with Crippen molar-refractivity contribution in [2.75, 3.05) is 0 Å². The molecule has 0 heterocycles. The van der Waals surface area contributed by atoms with Gasteiger partial charge < -0.3 is 0 Å². The minimum absolute atomic E-state index is 0.597. The molecule has 1 saturated carbocycles. The van der Waals surface area contributed by atoms with E-state index in [0.29, 0.717) is 5.92 Å². The molecule has 0 aliphatic heterocycles. The molecule has 0 aromatic heterocycles. The van der Waals surface area contributed by atoms with Gasteiger partial charge in [-0.25, -0.2) is 0 Å². The molecule has 1 fully saturated rings. The lowest BCUT2D eigenvalue weighted by Gasteiger charge is -2.25. The van der Waals surface area contributed by atoms with Crippen LogP contribution in [0.4, 0.5) is 0 Å². The van der Waals surface area contributed by atoms with Crippen molar-refractivity contribution in [2.45, 2.75) is 46.0 Å². The summed E-state index contributed by atoms with van der Waals surface area (Å²) in [5, 5.41) is 8.66. The average Bonchev–Trinajstić information content (AvgIpc) is 2.19. The smallest absolute Gasteiger partial charge is 0.0940 e. The van der Waals surface area contributed by atoms with Gasteiger partial charge in [0.05, 0.1) is 6.07 Å². The van der Waals surface area contributed by atoms with Gasteiger partial charge in [0, 0.05) is 5.57 Å². The van der Waals surface area contributed by atoms with Gasteiger partial charge in [-0.05, 0) is 31.6 Å². The van der Waals surface area contributed by atoms with Crippen LogP contribution in [0.3, 0.4) is 0 Å². The van der Waals surface area contributed by atoms with E-state index >= 15 is 0 Å². The Morgan fingerprint density at radius 1 is 1.38 bits per heavy atom. The van der Waals surface area contributed by atoms with Crippen molar-refractivity contribution in [3.05, 3.63) is 11.6 Å². The predicted octanol–water partition coefficient (Wildman–Crippen LogP) is 3.67. The first kappa shape index (κ1) is 10.3. The Morgan fingerprint density at radius 2 is 2.00 bits per heavy atom. The normalized spacial score (nSPS) is 22.4. The lowest BCUT2D eigenvalue weighted by atomic mass is 9.80. The molecule has 13 heavy (non-hydrogen) atoms. The quantitative estimate of drug-likeness (QED) is 0.590. The monoisotopic (exact) mass is 177 g/mol. The highest BCUT2D eigenvalue weighted by molar-refractivity contribution is 5.18. The van der Waals surface area contributed by atoms with Gasteiger partial charge in [-0.1, -0.05) is 32.3 Å². The summed E-state index contributed by atoms with van der Waals surface area (Å²) in [4.78, 5) is 0. The molecule has 1 aliphatic rings. The number of nitrogens with zero attached hydrogens (tertiary/aromatic N) is 1. The second-order valence-electron chi connectivity index (χ2n) is 4.22. The van der Waals surface area contributed by atoms with Crippen LogP contribution in [0.15, 0.2) is 11.6 Å².